The fourth-order valence-electron chi connectivity index (χ4n) is 2.30. The van der Waals surface area contributed by atoms with E-state index in [4.69, 9.17) is 11.5 Å². The van der Waals surface area contributed by atoms with E-state index in [0.29, 0.717) is 0 Å². The summed E-state index contributed by atoms with van der Waals surface area (Å²) in [6.45, 7) is -1.40. The van der Waals surface area contributed by atoms with Crippen LogP contribution in [-0.2, 0) is 5.41 Å². The van der Waals surface area contributed by atoms with Crippen molar-refractivity contribution in [2.24, 2.45) is 0 Å². The van der Waals surface area contributed by atoms with E-state index in [0.717, 1.165) is 24.3 Å². The minimum absolute atomic E-state index is 0.0922. The molecule has 0 aliphatic rings. The molecule has 0 aliphatic heterocycles. The maximum absolute atomic E-state index is 13.7. The van der Waals surface area contributed by atoms with Crippen LogP contribution in [0.5, 0.6) is 11.5 Å². The third-order valence-corrected chi connectivity index (χ3v) is 3.67. The lowest BCUT2D eigenvalue weighted by Crippen LogP contribution is -2.38. The van der Waals surface area contributed by atoms with Gasteiger partial charge in [-0.2, -0.15) is 0 Å². The third-order valence-electron chi connectivity index (χ3n) is 3.67. The topological polar surface area (TPSA) is 92.5 Å². The average Bonchev–Trinajstić information content (AvgIpc) is 2.47. The first-order valence-corrected chi connectivity index (χ1v) is 6.35. The van der Waals surface area contributed by atoms with E-state index in [1.165, 1.54) is 12.1 Å². The lowest BCUT2D eigenvalue weighted by atomic mass is 9.75. The van der Waals surface area contributed by atoms with Crippen molar-refractivity contribution in [3.8, 4) is 11.5 Å². The second-order valence-corrected chi connectivity index (χ2v) is 4.95. The summed E-state index contributed by atoms with van der Waals surface area (Å²) in [6, 6.07) is 6.82. The number of aromatic hydroxyl groups is 2. The zero-order valence-electron chi connectivity index (χ0n) is 11.4. The highest BCUT2D eigenvalue weighted by atomic mass is 19.3. The number of phenols is 2. The minimum atomic E-state index is -3.09. The van der Waals surface area contributed by atoms with Crippen LogP contribution in [0.4, 0.5) is 24.5 Å². The Bertz CT molecular complexity index is 641. The summed E-state index contributed by atoms with van der Waals surface area (Å²) in [6.07, 6.45) is -3.09. The van der Waals surface area contributed by atoms with Crippen molar-refractivity contribution in [1.29, 1.82) is 0 Å². The largest absolute Gasteiger partial charge is 0.506 e. The first-order chi connectivity index (χ1) is 10.3. The second kappa shape index (κ2) is 5.67. The predicted octanol–water partition coefficient (Wildman–Crippen LogP) is 2.78. The van der Waals surface area contributed by atoms with Crippen molar-refractivity contribution >= 4 is 11.4 Å². The Labute approximate surface area is 124 Å². The van der Waals surface area contributed by atoms with Crippen LogP contribution in [0.15, 0.2) is 36.4 Å². The third kappa shape index (κ3) is 2.38. The fourth-order valence-corrected chi connectivity index (χ4v) is 2.30. The normalized spacial score (nSPS) is 11.8. The van der Waals surface area contributed by atoms with Crippen LogP contribution in [0.2, 0.25) is 0 Å². The predicted molar refractivity (Wildman–Crippen MR) is 77.8 cm³/mol. The van der Waals surface area contributed by atoms with Crippen molar-refractivity contribution in [2.75, 3.05) is 18.1 Å². The molecule has 2 aromatic carbocycles. The average molecular weight is 312 g/mol. The Hall–Kier alpha value is -2.57. The number of anilines is 2. The van der Waals surface area contributed by atoms with E-state index in [1.807, 2.05) is 0 Å². The molecule has 0 unspecified atom stereocenters. The van der Waals surface area contributed by atoms with Gasteiger partial charge in [-0.05, 0) is 35.4 Å². The molecule has 0 saturated carbocycles. The fraction of sp³-hybridized carbons (Fsp3) is 0.200. The molecular formula is C15H15F3N2O2. The highest BCUT2D eigenvalue weighted by Crippen LogP contribution is 2.42. The van der Waals surface area contributed by atoms with Gasteiger partial charge in [-0.15, -0.1) is 0 Å². The van der Waals surface area contributed by atoms with E-state index >= 15 is 0 Å². The number of benzene rings is 2. The number of hydrogen-bond acceptors (Lipinski definition) is 4. The summed E-state index contributed by atoms with van der Waals surface area (Å²) in [5.74, 6) is -0.563. The summed E-state index contributed by atoms with van der Waals surface area (Å²) in [5, 5.41) is 18.8. The Morgan fingerprint density at radius 1 is 0.909 bits per heavy atom. The molecule has 2 rings (SSSR count). The van der Waals surface area contributed by atoms with Gasteiger partial charge in [0.2, 0.25) is 0 Å². The summed E-state index contributed by atoms with van der Waals surface area (Å²) >= 11 is 0. The van der Waals surface area contributed by atoms with Crippen LogP contribution in [-0.4, -0.2) is 23.3 Å². The summed E-state index contributed by atoms with van der Waals surface area (Å²) < 4.78 is 41.2. The van der Waals surface area contributed by atoms with Gasteiger partial charge in [0.15, 0.2) is 0 Å². The van der Waals surface area contributed by atoms with Crippen molar-refractivity contribution in [3.63, 3.8) is 0 Å². The quantitative estimate of drug-likeness (QED) is 0.516. The van der Waals surface area contributed by atoms with Crippen molar-refractivity contribution in [1.82, 2.24) is 0 Å². The number of halogens is 3. The molecule has 0 amide bonds. The van der Waals surface area contributed by atoms with Gasteiger partial charge in [-0.25, -0.2) is 13.2 Å². The maximum atomic E-state index is 13.7. The molecule has 0 saturated heterocycles. The van der Waals surface area contributed by atoms with Gasteiger partial charge in [0, 0.05) is 0 Å². The molecule has 0 aliphatic carbocycles. The molecule has 118 valence electrons. The van der Waals surface area contributed by atoms with Gasteiger partial charge in [0.05, 0.1) is 11.4 Å². The van der Waals surface area contributed by atoms with Crippen LogP contribution in [0.1, 0.15) is 11.1 Å². The molecule has 7 heteroatoms. The first-order valence-electron chi connectivity index (χ1n) is 6.35. The Kier molecular flexibility index (Phi) is 4.07. The Balaban J connectivity index is 2.71. The van der Waals surface area contributed by atoms with Gasteiger partial charge >= 0.3 is 0 Å². The van der Waals surface area contributed by atoms with Crippen molar-refractivity contribution in [3.05, 3.63) is 47.5 Å². The van der Waals surface area contributed by atoms with E-state index in [2.05, 4.69) is 0 Å². The Morgan fingerprint density at radius 2 is 1.32 bits per heavy atom. The van der Waals surface area contributed by atoms with Crippen molar-refractivity contribution < 1.29 is 23.4 Å². The van der Waals surface area contributed by atoms with E-state index in [1.54, 1.807) is 0 Å². The number of phenolic OH excluding ortho intramolecular Hbond substituents is 2. The maximum Gasteiger partial charge on any atom is 0.254 e. The molecule has 0 spiro atoms. The zero-order valence-corrected chi connectivity index (χ0v) is 11.4. The molecule has 0 fully saturated rings. The van der Waals surface area contributed by atoms with Crippen LogP contribution in [0, 0.1) is 0 Å². The van der Waals surface area contributed by atoms with Crippen LogP contribution >= 0.6 is 0 Å². The lowest BCUT2D eigenvalue weighted by molar-refractivity contribution is 0.0562. The number of rotatable bonds is 4. The number of alkyl halides is 3. The number of nitrogen functional groups attached to an aromatic ring is 2. The van der Waals surface area contributed by atoms with Gasteiger partial charge < -0.3 is 21.7 Å². The molecule has 22 heavy (non-hydrogen) atoms. The Morgan fingerprint density at radius 3 is 1.59 bits per heavy atom. The number of nitrogens with two attached hydrogens (primary N) is 2. The van der Waals surface area contributed by atoms with Crippen molar-refractivity contribution in [2.45, 2.75) is 11.8 Å². The highest BCUT2D eigenvalue weighted by molar-refractivity contribution is 5.60. The molecule has 0 bridgehead atoms. The zero-order chi connectivity index (χ0) is 16.5. The van der Waals surface area contributed by atoms with E-state index in [9.17, 15) is 23.4 Å². The monoisotopic (exact) mass is 312 g/mol. The van der Waals surface area contributed by atoms with Crippen LogP contribution < -0.4 is 11.5 Å². The summed E-state index contributed by atoms with van der Waals surface area (Å²) in [5.41, 5.74) is 8.30. The molecular weight excluding hydrogens is 297 g/mol. The number of hydrogen-bond donors (Lipinski definition) is 4. The molecule has 6 N–H and O–H groups in total. The molecule has 0 radical (unpaired) electrons. The standard InChI is InChI=1S/C15H15F3N2O2/c16-7-15(14(17)18,8-1-3-12(21)10(19)5-8)9-2-4-13(22)11(20)6-9/h1-6,14,21-22H,7,19-20H2. The summed E-state index contributed by atoms with van der Waals surface area (Å²) in [4.78, 5) is 0. The van der Waals surface area contributed by atoms with Crippen LogP contribution in [0.3, 0.4) is 0 Å². The van der Waals surface area contributed by atoms with E-state index < -0.39 is 18.5 Å². The molecule has 2 aromatic rings. The highest BCUT2D eigenvalue weighted by Gasteiger charge is 2.44. The molecule has 0 atom stereocenters. The SMILES string of the molecule is Nc1cc(C(CF)(c2ccc(O)c(N)c2)C(F)F)ccc1O. The second-order valence-electron chi connectivity index (χ2n) is 4.95. The lowest BCUT2D eigenvalue weighted by Gasteiger charge is -2.32. The minimum Gasteiger partial charge on any atom is -0.506 e. The van der Waals surface area contributed by atoms with Gasteiger partial charge in [-0.3, -0.25) is 0 Å². The van der Waals surface area contributed by atoms with E-state index in [-0.39, 0.29) is 34.0 Å². The smallest absolute Gasteiger partial charge is 0.254 e. The first kappa shape index (κ1) is 15.8. The van der Waals surface area contributed by atoms with Gasteiger partial charge in [0.25, 0.3) is 6.43 Å². The molecule has 0 aromatic heterocycles. The van der Waals surface area contributed by atoms with Gasteiger partial charge in [-0.1, -0.05) is 12.1 Å². The molecule has 0 heterocycles. The molecule has 4 nitrogen and oxygen atoms in total. The van der Waals surface area contributed by atoms with Gasteiger partial charge in [0.1, 0.15) is 23.6 Å². The summed E-state index contributed by atoms with van der Waals surface area (Å²) in [7, 11) is 0. The van der Waals surface area contributed by atoms with Crippen LogP contribution in [0.25, 0.3) is 0 Å².